The molecule has 0 bridgehead atoms. The molecule has 0 atom stereocenters. The molecule has 1 aromatic rings. The molecule has 0 saturated heterocycles. The Bertz CT molecular complexity index is 253. The lowest BCUT2D eigenvalue weighted by molar-refractivity contribution is 0.505. The minimum Gasteiger partial charge on any atom is -0.332 e. The maximum atomic E-state index is 4.55. The molecule has 2 heterocycles. The fraction of sp³-hybridized carbons (Fsp3) is 0.727. The summed E-state index contributed by atoms with van der Waals surface area (Å²) in [5.74, 6) is 1.73. The van der Waals surface area contributed by atoms with Crippen molar-refractivity contribution in [2.45, 2.75) is 46.7 Å². The summed E-state index contributed by atoms with van der Waals surface area (Å²) in [5.41, 5.74) is 1.22. The van der Waals surface area contributed by atoms with Crippen LogP contribution in [-0.4, -0.2) is 16.1 Å². The Morgan fingerprint density at radius 2 is 2.14 bits per heavy atom. The van der Waals surface area contributed by atoms with E-state index in [1.165, 1.54) is 11.5 Å². The molecule has 0 fully saturated rings. The van der Waals surface area contributed by atoms with Crippen molar-refractivity contribution >= 4 is 0 Å². The van der Waals surface area contributed by atoms with E-state index >= 15 is 0 Å². The summed E-state index contributed by atoms with van der Waals surface area (Å²) in [6, 6.07) is 0. The summed E-state index contributed by atoms with van der Waals surface area (Å²) in [4.78, 5) is 4.55. The topological polar surface area (TPSA) is 29.9 Å². The average Bonchev–Trinajstić information content (AvgIpc) is 2.64. The molecule has 2 rings (SSSR count). The number of rotatable bonds is 1. The molecule has 1 aliphatic heterocycles. The van der Waals surface area contributed by atoms with Gasteiger partial charge < -0.3 is 9.88 Å². The smallest absolute Gasteiger partial charge is 0.123 e. The maximum absolute atomic E-state index is 4.55. The lowest BCUT2D eigenvalue weighted by atomic mass is 10.2. The van der Waals surface area contributed by atoms with Crippen LogP contribution in [0.2, 0.25) is 0 Å². The van der Waals surface area contributed by atoms with Crippen molar-refractivity contribution in [3.05, 3.63) is 17.7 Å². The van der Waals surface area contributed by atoms with Gasteiger partial charge in [-0.1, -0.05) is 27.7 Å². The molecule has 1 aromatic heterocycles. The van der Waals surface area contributed by atoms with Crippen LogP contribution in [0.4, 0.5) is 0 Å². The zero-order chi connectivity index (χ0) is 10.6. The highest BCUT2D eigenvalue weighted by Crippen LogP contribution is 2.14. The van der Waals surface area contributed by atoms with Crippen molar-refractivity contribution < 1.29 is 0 Å². The van der Waals surface area contributed by atoms with Crippen molar-refractivity contribution in [2.24, 2.45) is 0 Å². The van der Waals surface area contributed by atoms with Crippen molar-refractivity contribution in [2.75, 3.05) is 6.54 Å². The summed E-state index contributed by atoms with van der Waals surface area (Å²) in [7, 11) is 0. The van der Waals surface area contributed by atoms with Gasteiger partial charge in [0.15, 0.2) is 0 Å². The molecule has 0 aliphatic carbocycles. The number of nitrogens with one attached hydrogen (secondary N) is 1. The van der Waals surface area contributed by atoms with Gasteiger partial charge in [-0.3, -0.25) is 0 Å². The van der Waals surface area contributed by atoms with Crippen LogP contribution in [0.1, 0.15) is 45.1 Å². The molecule has 80 valence electrons. The molecule has 3 nitrogen and oxygen atoms in total. The second kappa shape index (κ2) is 5.15. The minimum absolute atomic E-state index is 0.545. The van der Waals surface area contributed by atoms with Crippen LogP contribution in [0.25, 0.3) is 0 Å². The van der Waals surface area contributed by atoms with Gasteiger partial charge in [0.25, 0.3) is 0 Å². The molecule has 1 aliphatic rings. The second-order valence-electron chi connectivity index (χ2n) is 3.61. The molecule has 14 heavy (non-hydrogen) atoms. The van der Waals surface area contributed by atoms with Crippen LogP contribution in [0.3, 0.4) is 0 Å². The lowest BCUT2D eigenvalue weighted by Gasteiger charge is -2.13. The molecular formula is C11H21N3. The highest BCUT2D eigenvalue weighted by atomic mass is 15.1. The largest absolute Gasteiger partial charge is 0.332 e. The second-order valence-corrected chi connectivity index (χ2v) is 3.61. The van der Waals surface area contributed by atoms with E-state index in [9.17, 15) is 0 Å². The van der Waals surface area contributed by atoms with Gasteiger partial charge in [-0.2, -0.15) is 0 Å². The number of nitrogens with zero attached hydrogens (tertiary/aromatic N) is 2. The van der Waals surface area contributed by atoms with Crippen molar-refractivity contribution in [1.29, 1.82) is 0 Å². The number of hydrogen-bond donors (Lipinski definition) is 1. The fourth-order valence-electron chi connectivity index (χ4n) is 1.49. The third-order valence-electron chi connectivity index (χ3n) is 2.28. The van der Waals surface area contributed by atoms with Gasteiger partial charge in [0, 0.05) is 19.3 Å². The number of hydrogen-bond acceptors (Lipinski definition) is 2. The quantitative estimate of drug-likeness (QED) is 0.744. The summed E-state index contributed by atoms with van der Waals surface area (Å²) >= 11 is 0. The van der Waals surface area contributed by atoms with Crippen molar-refractivity contribution in [3.63, 3.8) is 0 Å². The first kappa shape index (κ1) is 11.2. The fourth-order valence-corrected chi connectivity index (χ4v) is 1.49. The van der Waals surface area contributed by atoms with Gasteiger partial charge in [0.2, 0.25) is 0 Å². The van der Waals surface area contributed by atoms with Crippen LogP contribution >= 0.6 is 0 Å². The number of imidazole rings is 1. The molecule has 0 spiro atoms. The summed E-state index contributed by atoms with van der Waals surface area (Å²) < 4.78 is 2.26. The zero-order valence-corrected chi connectivity index (χ0v) is 9.67. The molecule has 0 saturated carbocycles. The normalized spacial score (nSPS) is 14.6. The Hall–Kier alpha value is -0.830. The number of aromatic nitrogens is 2. The van der Waals surface area contributed by atoms with Crippen LogP contribution < -0.4 is 5.32 Å². The van der Waals surface area contributed by atoms with E-state index in [0.29, 0.717) is 5.92 Å². The molecule has 3 heteroatoms. The number of fused-ring (bicyclic) bond motifs is 1. The first-order chi connectivity index (χ1) is 6.77. The summed E-state index contributed by atoms with van der Waals surface area (Å²) in [6.07, 6.45) is 2.18. The van der Waals surface area contributed by atoms with Gasteiger partial charge in [-0.05, 0) is 5.92 Å². The third-order valence-corrected chi connectivity index (χ3v) is 2.28. The van der Waals surface area contributed by atoms with E-state index in [-0.39, 0.29) is 0 Å². The highest BCUT2D eigenvalue weighted by Gasteiger charge is 2.12. The zero-order valence-electron chi connectivity index (χ0n) is 9.67. The van der Waals surface area contributed by atoms with E-state index in [0.717, 1.165) is 19.6 Å². The van der Waals surface area contributed by atoms with E-state index in [2.05, 4.69) is 34.9 Å². The first-order valence-electron chi connectivity index (χ1n) is 5.54. The molecule has 0 aromatic carbocycles. The van der Waals surface area contributed by atoms with E-state index in [1.54, 1.807) is 0 Å². The SMILES string of the molecule is CC.CC(C)c1cn2c(n1)CNCC2. The summed E-state index contributed by atoms with van der Waals surface area (Å²) in [6.45, 7) is 11.4. The Balaban J connectivity index is 0.000000461. The Morgan fingerprint density at radius 3 is 2.71 bits per heavy atom. The predicted octanol–water partition coefficient (Wildman–Crippen LogP) is 2.14. The van der Waals surface area contributed by atoms with E-state index in [4.69, 9.17) is 0 Å². The summed E-state index contributed by atoms with van der Waals surface area (Å²) in [5, 5.41) is 3.31. The van der Waals surface area contributed by atoms with Gasteiger partial charge in [-0.25, -0.2) is 4.98 Å². The van der Waals surface area contributed by atoms with E-state index in [1.807, 2.05) is 13.8 Å². The van der Waals surface area contributed by atoms with E-state index < -0.39 is 0 Å². The third kappa shape index (κ3) is 2.35. The van der Waals surface area contributed by atoms with Crippen LogP contribution in [0.5, 0.6) is 0 Å². The molecular weight excluding hydrogens is 174 g/mol. The standard InChI is InChI=1S/C9H15N3.C2H6/c1-7(2)8-6-12-4-3-10-5-9(12)11-8;1-2/h6-7,10H,3-5H2,1-2H3;1-2H3. The maximum Gasteiger partial charge on any atom is 0.123 e. The van der Waals surface area contributed by atoms with Crippen LogP contribution in [0, 0.1) is 0 Å². The predicted molar refractivity (Wildman–Crippen MR) is 59.4 cm³/mol. The highest BCUT2D eigenvalue weighted by molar-refractivity contribution is 5.09. The van der Waals surface area contributed by atoms with Gasteiger partial charge in [0.05, 0.1) is 12.2 Å². The Labute approximate surface area is 86.5 Å². The van der Waals surface area contributed by atoms with Crippen LogP contribution in [0.15, 0.2) is 6.20 Å². The molecule has 1 N–H and O–H groups in total. The Morgan fingerprint density at radius 1 is 1.43 bits per heavy atom. The lowest BCUT2D eigenvalue weighted by Crippen LogP contribution is -2.27. The van der Waals surface area contributed by atoms with Crippen molar-refractivity contribution in [1.82, 2.24) is 14.9 Å². The minimum atomic E-state index is 0.545. The molecule has 0 unspecified atom stereocenters. The Kier molecular flexibility index (Phi) is 4.14. The molecule has 0 amide bonds. The van der Waals surface area contributed by atoms with Gasteiger partial charge in [0.1, 0.15) is 5.82 Å². The van der Waals surface area contributed by atoms with Crippen LogP contribution in [-0.2, 0) is 13.1 Å². The van der Waals surface area contributed by atoms with Gasteiger partial charge in [-0.15, -0.1) is 0 Å². The average molecular weight is 195 g/mol. The molecule has 0 radical (unpaired) electrons. The monoisotopic (exact) mass is 195 g/mol. The van der Waals surface area contributed by atoms with Crippen molar-refractivity contribution in [3.8, 4) is 0 Å². The van der Waals surface area contributed by atoms with Gasteiger partial charge >= 0.3 is 0 Å². The first-order valence-corrected chi connectivity index (χ1v) is 5.54.